The molecule has 0 radical (unpaired) electrons. The van der Waals surface area contributed by atoms with Crippen LogP contribution in [-0.4, -0.2) is 60.6 Å². The highest BCUT2D eigenvalue weighted by Crippen LogP contribution is 2.33. The van der Waals surface area contributed by atoms with Crippen LogP contribution < -0.4 is 20.1 Å². The number of fused-ring (bicyclic) bond motifs is 1. The number of thiazole rings is 1. The Morgan fingerprint density at radius 3 is 2.63 bits per heavy atom. The van der Waals surface area contributed by atoms with Crippen molar-refractivity contribution in [2.75, 3.05) is 38.1 Å². The molecule has 1 aliphatic rings. The molecule has 1 aromatic heterocycles. The van der Waals surface area contributed by atoms with E-state index in [-0.39, 0.29) is 11.9 Å². The van der Waals surface area contributed by atoms with Gasteiger partial charge in [0.05, 0.1) is 14.2 Å². The summed E-state index contributed by atoms with van der Waals surface area (Å²) in [5.41, 5.74) is 2.15. The van der Waals surface area contributed by atoms with Crippen LogP contribution in [0.4, 0.5) is 9.93 Å². The maximum Gasteiger partial charge on any atom is 0.318 e. The number of ether oxygens (including phenoxy) is 2. The van der Waals surface area contributed by atoms with Crippen LogP contribution in [0.1, 0.15) is 17.5 Å². The molecule has 0 unspecified atom stereocenters. The van der Waals surface area contributed by atoms with E-state index in [1.165, 1.54) is 11.3 Å². The summed E-state index contributed by atoms with van der Waals surface area (Å²) in [5.74, 6) is 1.83. The van der Waals surface area contributed by atoms with E-state index < -0.39 is 6.04 Å². The second-order valence-corrected chi connectivity index (χ2v) is 8.64. The molecule has 2 heterocycles. The zero-order chi connectivity index (χ0) is 21.5. The topological polar surface area (TPSA) is 92.8 Å². The molecule has 0 fully saturated rings. The molecule has 0 spiro atoms. The van der Waals surface area contributed by atoms with E-state index in [0.717, 1.165) is 16.9 Å². The van der Waals surface area contributed by atoms with E-state index in [9.17, 15) is 9.59 Å². The zero-order valence-electron chi connectivity index (χ0n) is 17.3. The third-order valence-electron chi connectivity index (χ3n) is 4.89. The van der Waals surface area contributed by atoms with Gasteiger partial charge in [0.1, 0.15) is 6.04 Å². The van der Waals surface area contributed by atoms with Crippen molar-refractivity contribution in [3.05, 3.63) is 34.8 Å². The summed E-state index contributed by atoms with van der Waals surface area (Å²) in [5, 5.41) is 7.99. The highest BCUT2D eigenvalue weighted by Gasteiger charge is 2.27. The minimum absolute atomic E-state index is 0.254. The fourth-order valence-corrected chi connectivity index (χ4v) is 4.28. The first kappa shape index (κ1) is 22.2. The molecule has 162 valence electrons. The van der Waals surface area contributed by atoms with E-state index in [1.807, 2.05) is 18.4 Å². The summed E-state index contributed by atoms with van der Waals surface area (Å²) >= 11 is 2.98. The Morgan fingerprint density at radius 2 is 2.00 bits per heavy atom. The number of aromatic nitrogens is 1. The van der Waals surface area contributed by atoms with Crippen LogP contribution in [0.5, 0.6) is 11.5 Å². The number of carbonyl (C=O) groups is 2. The molecule has 1 aliphatic heterocycles. The number of thioether (sulfide) groups is 1. The SMILES string of the molecule is COc1cc2c(cc1OC)CN(C(=O)N[C@@H](CCSC)C(=O)Nc1nccs1)CC2. The average molecular weight is 451 g/mol. The summed E-state index contributed by atoms with van der Waals surface area (Å²) < 4.78 is 10.8. The third kappa shape index (κ3) is 5.37. The number of rotatable bonds is 8. The van der Waals surface area contributed by atoms with Gasteiger partial charge in [0.2, 0.25) is 5.91 Å². The highest BCUT2D eigenvalue weighted by atomic mass is 32.2. The van der Waals surface area contributed by atoms with Gasteiger partial charge in [-0.1, -0.05) is 0 Å². The van der Waals surface area contributed by atoms with Crippen LogP contribution >= 0.6 is 23.1 Å². The first-order valence-corrected chi connectivity index (χ1v) is 11.8. The molecule has 2 aromatic rings. The standard InChI is InChI=1S/C20H26N4O4S2/c1-27-16-10-13-4-7-24(12-14(13)11-17(16)28-2)20(26)22-15(5-8-29-3)18(25)23-19-21-6-9-30-19/h6,9-11,15H,4-5,7-8,12H2,1-3H3,(H,22,26)(H,21,23,25)/t15-/m0/s1. The number of methoxy groups -OCH3 is 2. The van der Waals surface area contributed by atoms with Crippen molar-refractivity contribution in [2.45, 2.75) is 25.4 Å². The van der Waals surface area contributed by atoms with Crippen molar-refractivity contribution in [2.24, 2.45) is 0 Å². The molecule has 1 aromatic carbocycles. The summed E-state index contributed by atoms with van der Waals surface area (Å²) in [4.78, 5) is 31.4. The van der Waals surface area contributed by atoms with Crippen molar-refractivity contribution >= 4 is 40.2 Å². The number of carbonyl (C=O) groups excluding carboxylic acids is 2. The Labute approximate surface area is 184 Å². The normalized spacial score (nSPS) is 13.9. The number of amides is 3. The minimum atomic E-state index is -0.624. The van der Waals surface area contributed by atoms with Crippen molar-refractivity contribution < 1.29 is 19.1 Å². The largest absolute Gasteiger partial charge is 0.493 e. The van der Waals surface area contributed by atoms with E-state index in [1.54, 1.807) is 42.5 Å². The van der Waals surface area contributed by atoms with Gasteiger partial charge in [-0.2, -0.15) is 11.8 Å². The van der Waals surface area contributed by atoms with Crippen LogP contribution in [0.3, 0.4) is 0 Å². The van der Waals surface area contributed by atoms with Gasteiger partial charge in [-0.25, -0.2) is 9.78 Å². The fraction of sp³-hybridized carbons (Fsp3) is 0.450. The maximum absolute atomic E-state index is 12.9. The molecule has 0 saturated heterocycles. The molecular weight excluding hydrogens is 424 g/mol. The van der Waals surface area contributed by atoms with Gasteiger partial charge in [0.15, 0.2) is 16.6 Å². The molecule has 0 aliphatic carbocycles. The van der Waals surface area contributed by atoms with Gasteiger partial charge in [-0.15, -0.1) is 11.3 Å². The molecule has 1 atom stereocenters. The van der Waals surface area contributed by atoms with Crippen molar-refractivity contribution in [1.82, 2.24) is 15.2 Å². The van der Waals surface area contributed by atoms with E-state index >= 15 is 0 Å². The first-order chi connectivity index (χ1) is 14.5. The van der Waals surface area contributed by atoms with Gasteiger partial charge in [0, 0.05) is 24.7 Å². The van der Waals surface area contributed by atoms with Crippen LogP contribution in [0.2, 0.25) is 0 Å². The Balaban J connectivity index is 1.67. The van der Waals surface area contributed by atoms with Crippen molar-refractivity contribution in [3.8, 4) is 11.5 Å². The number of nitrogens with zero attached hydrogens (tertiary/aromatic N) is 2. The Hall–Kier alpha value is -2.46. The number of urea groups is 1. The van der Waals surface area contributed by atoms with Crippen LogP contribution in [-0.2, 0) is 17.8 Å². The van der Waals surface area contributed by atoms with E-state index in [0.29, 0.717) is 42.6 Å². The highest BCUT2D eigenvalue weighted by molar-refractivity contribution is 7.98. The fourth-order valence-electron chi connectivity index (χ4n) is 3.28. The Kier molecular flexibility index (Phi) is 7.81. The van der Waals surface area contributed by atoms with Crippen LogP contribution in [0, 0.1) is 0 Å². The molecule has 10 heteroatoms. The first-order valence-electron chi connectivity index (χ1n) is 9.54. The van der Waals surface area contributed by atoms with Gasteiger partial charge >= 0.3 is 6.03 Å². The number of hydrogen-bond acceptors (Lipinski definition) is 7. The number of nitrogens with one attached hydrogen (secondary N) is 2. The lowest BCUT2D eigenvalue weighted by molar-refractivity contribution is -0.118. The molecule has 3 amide bonds. The molecule has 30 heavy (non-hydrogen) atoms. The predicted octanol–water partition coefficient (Wildman–Crippen LogP) is 2.99. The minimum Gasteiger partial charge on any atom is -0.493 e. The van der Waals surface area contributed by atoms with Crippen molar-refractivity contribution in [1.29, 1.82) is 0 Å². The quantitative estimate of drug-likeness (QED) is 0.642. The summed E-state index contributed by atoms with van der Waals surface area (Å²) in [7, 11) is 3.20. The van der Waals surface area contributed by atoms with Gasteiger partial charge in [0.25, 0.3) is 0 Å². The Bertz CT molecular complexity index is 876. The average Bonchev–Trinajstić information content (AvgIpc) is 3.27. The second-order valence-electron chi connectivity index (χ2n) is 6.76. The summed E-state index contributed by atoms with van der Waals surface area (Å²) in [6.45, 7) is 1.02. The van der Waals surface area contributed by atoms with Crippen molar-refractivity contribution in [3.63, 3.8) is 0 Å². The van der Waals surface area contributed by atoms with E-state index in [2.05, 4.69) is 15.6 Å². The summed E-state index contributed by atoms with van der Waals surface area (Å²) in [6.07, 6.45) is 4.86. The smallest absolute Gasteiger partial charge is 0.318 e. The predicted molar refractivity (Wildman–Crippen MR) is 120 cm³/mol. The molecule has 3 rings (SSSR count). The maximum atomic E-state index is 12.9. The number of anilines is 1. The van der Waals surface area contributed by atoms with Crippen LogP contribution in [0.15, 0.2) is 23.7 Å². The molecule has 0 saturated carbocycles. The molecule has 0 bridgehead atoms. The van der Waals surface area contributed by atoms with Gasteiger partial charge in [-0.05, 0) is 48.1 Å². The van der Waals surface area contributed by atoms with E-state index in [4.69, 9.17) is 9.47 Å². The number of benzene rings is 1. The summed E-state index contributed by atoms with van der Waals surface area (Å²) in [6, 6.07) is 3.00. The van der Waals surface area contributed by atoms with Gasteiger partial charge < -0.3 is 25.0 Å². The van der Waals surface area contributed by atoms with Gasteiger partial charge in [-0.3, -0.25) is 4.79 Å². The lowest BCUT2D eigenvalue weighted by Crippen LogP contribution is -2.50. The molecular formula is C20H26N4O4S2. The van der Waals surface area contributed by atoms with Crippen LogP contribution in [0.25, 0.3) is 0 Å². The second kappa shape index (κ2) is 10.5. The lowest BCUT2D eigenvalue weighted by Gasteiger charge is -2.31. The third-order valence-corrected chi connectivity index (χ3v) is 6.23. The molecule has 2 N–H and O–H groups in total. The lowest BCUT2D eigenvalue weighted by atomic mass is 9.99. The monoisotopic (exact) mass is 450 g/mol. The number of hydrogen-bond donors (Lipinski definition) is 2. The zero-order valence-corrected chi connectivity index (χ0v) is 18.9. The molecule has 8 nitrogen and oxygen atoms in total. The Morgan fingerprint density at radius 1 is 1.27 bits per heavy atom.